The molecular weight excluding hydrogens is 247 g/mol. The fourth-order valence-electron chi connectivity index (χ4n) is 1.73. The van der Waals surface area contributed by atoms with Crippen molar-refractivity contribution in [3.8, 4) is 0 Å². The van der Waals surface area contributed by atoms with Gasteiger partial charge in [0, 0.05) is 12.0 Å². The van der Waals surface area contributed by atoms with Gasteiger partial charge in [-0.3, -0.25) is 0 Å². The Bertz CT molecular complexity index is 435. The molecular formula is C14H21FN2O2. The van der Waals surface area contributed by atoms with Gasteiger partial charge < -0.3 is 15.7 Å². The fourth-order valence-corrected chi connectivity index (χ4v) is 1.73. The maximum atomic E-state index is 13.7. The maximum Gasteiger partial charge on any atom is 0.315 e. The minimum absolute atomic E-state index is 0.121. The minimum atomic E-state index is -0.509. The average Bonchev–Trinajstić information content (AvgIpc) is 2.36. The van der Waals surface area contributed by atoms with Gasteiger partial charge in [-0.05, 0) is 18.6 Å². The van der Waals surface area contributed by atoms with E-state index < -0.39 is 5.41 Å². The molecule has 1 aromatic carbocycles. The molecule has 0 fully saturated rings. The zero-order valence-electron chi connectivity index (χ0n) is 11.5. The molecule has 0 saturated heterocycles. The number of carbonyl (C=O) groups is 1. The molecule has 1 aromatic rings. The Hall–Kier alpha value is -1.62. The first-order valence-corrected chi connectivity index (χ1v) is 6.27. The van der Waals surface area contributed by atoms with Crippen molar-refractivity contribution in [1.29, 1.82) is 0 Å². The molecule has 0 aromatic heterocycles. The lowest BCUT2D eigenvalue weighted by Gasteiger charge is -2.26. The van der Waals surface area contributed by atoms with Gasteiger partial charge >= 0.3 is 6.03 Å². The van der Waals surface area contributed by atoms with Crippen LogP contribution in [0.25, 0.3) is 0 Å². The summed E-state index contributed by atoms with van der Waals surface area (Å²) in [6, 6.07) is 5.85. The predicted octanol–water partition coefficient (Wildman–Crippen LogP) is 1.78. The Balaban J connectivity index is 2.61. The number of aliphatic hydroxyl groups is 1. The maximum absolute atomic E-state index is 13.7. The number of carbonyl (C=O) groups excluding carboxylic acids is 1. The molecule has 4 nitrogen and oxygen atoms in total. The summed E-state index contributed by atoms with van der Waals surface area (Å²) in [7, 11) is 0. The molecule has 0 spiro atoms. The highest BCUT2D eigenvalue weighted by atomic mass is 19.1. The average molecular weight is 268 g/mol. The Kier molecular flexibility index (Phi) is 5.30. The molecule has 5 heteroatoms. The van der Waals surface area contributed by atoms with Crippen LogP contribution in [0.3, 0.4) is 0 Å². The zero-order chi connectivity index (χ0) is 14.5. The number of urea groups is 1. The summed E-state index contributed by atoms with van der Waals surface area (Å²) in [6.07, 6.45) is 0. The van der Waals surface area contributed by atoms with Crippen molar-refractivity contribution in [2.45, 2.75) is 32.2 Å². The normalized spacial score (nSPS) is 12.9. The van der Waals surface area contributed by atoms with Crippen molar-refractivity contribution < 1.29 is 14.3 Å². The van der Waals surface area contributed by atoms with E-state index in [1.165, 1.54) is 6.07 Å². The molecule has 0 saturated carbocycles. The van der Waals surface area contributed by atoms with E-state index in [1.807, 2.05) is 13.8 Å². The first-order valence-electron chi connectivity index (χ1n) is 6.27. The van der Waals surface area contributed by atoms with Crippen molar-refractivity contribution in [3.63, 3.8) is 0 Å². The topological polar surface area (TPSA) is 61.4 Å². The van der Waals surface area contributed by atoms with Gasteiger partial charge in [0.1, 0.15) is 5.82 Å². The van der Waals surface area contributed by atoms with Crippen molar-refractivity contribution in [2.75, 3.05) is 13.2 Å². The third kappa shape index (κ3) is 4.52. The van der Waals surface area contributed by atoms with Gasteiger partial charge in [0.05, 0.1) is 12.6 Å². The molecule has 0 aliphatic rings. The molecule has 2 amide bonds. The molecule has 1 atom stereocenters. The SMILES string of the molecule is C[C@@H](CO)NC(=O)NCC(C)(C)c1ccccc1F. The first kappa shape index (κ1) is 15.4. The summed E-state index contributed by atoms with van der Waals surface area (Å²) in [5, 5.41) is 14.1. The number of hydrogen-bond donors (Lipinski definition) is 3. The second kappa shape index (κ2) is 6.52. The lowest BCUT2D eigenvalue weighted by Crippen LogP contribution is -2.46. The van der Waals surface area contributed by atoms with Gasteiger partial charge in [0.15, 0.2) is 0 Å². The van der Waals surface area contributed by atoms with E-state index in [0.29, 0.717) is 12.1 Å². The highest BCUT2D eigenvalue weighted by Gasteiger charge is 2.24. The van der Waals surface area contributed by atoms with Gasteiger partial charge in [0.2, 0.25) is 0 Å². The van der Waals surface area contributed by atoms with Crippen molar-refractivity contribution in [3.05, 3.63) is 35.6 Å². The zero-order valence-corrected chi connectivity index (χ0v) is 11.5. The molecule has 0 radical (unpaired) electrons. The monoisotopic (exact) mass is 268 g/mol. The van der Waals surface area contributed by atoms with Gasteiger partial charge in [-0.2, -0.15) is 0 Å². The number of aliphatic hydroxyl groups excluding tert-OH is 1. The van der Waals surface area contributed by atoms with E-state index in [4.69, 9.17) is 5.11 Å². The third-order valence-electron chi connectivity index (χ3n) is 2.95. The standard InChI is InChI=1S/C14H21FN2O2/c1-10(8-18)17-13(19)16-9-14(2,3)11-6-4-5-7-12(11)15/h4-7,10,18H,8-9H2,1-3H3,(H2,16,17,19)/t10-/m0/s1. The van der Waals surface area contributed by atoms with E-state index in [0.717, 1.165) is 0 Å². The molecule has 19 heavy (non-hydrogen) atoms. The smallest absolute Gasteiger partial charge is 0.315 e. The quantitative estimate of drug-likeness (QED) is 0.762. The lowest BCUT2D eigenvalue weighted by atomic mass is 9.84. The summed E-state index contributed by atoms with van der Waals surface area (Å²) >= 11 is 0. The lowest BCUT2D eigenvalue weighted by molar-refractivity contribution is 0.218. The van der Waals surface area contributed by atoms with Gasteiger partial charge in [-0.25, -0.2) is 9.18 Å². The van der Waals surface area contributed by atoms with Crippen LogP contribution >= 0.6 is 0 Å². The van der Waals surface area contributed by atoms with Crippen molar-refractivity contribution >= 4 is 6.03 Å². The fraction of sp³-hybridized carbons (Fsp3) is 0.500. The second-order valence-corrected chi connectivity index (χ2v) is 5.27. The van der Waals surface area contributed by atoms with Crippen LogP contribution in [0.5, 0.6) is 0 Å². The number of hydrogen-bond acceptors (Lipinski definition) is 2. The highest BCUT2D eigenvalue weighted by Crippen LogP contribution is 2.24. The third-order valence-corrected chi connectivity index (χ3v) is 2.95. The minimum Gasteiger partial charge on any atom is -0.394 e. The van der Waals surface area contributed by atoms with E-state index in [-0.39, 0.29) is 24.5 Å². The molecule has 0 aliphatic carbocycles. The largest absolute Gasteiger partial charge is 0.394 e. The van der Waals surface area contributed by atoms with E-state index >= 15 is 0 Å². The summed E-state index contributed by atoms with van der Waals surface area (Å²) < 4.78 is 13.7. The van der Waals surface area contributed by atoms with Crippen LogP contribution in [0.4, 0.5) is 9.18 Å². The number of nitrogens with one attached hydrogen (secondary N) is 2. The molecule has 106 valence electrons. The Morgan fingerprint density at radius 2 is 2.05 bits per heavy atom. The van der Waals surface area contributed by atoms with Crippen LogP contribution in [0.15, 0.2) is 24.3 Å². The van der Waals surface area contributed by atoms with Crippen LogP contribution in [-0.2, 0) is 5.41 Å². The Morgan fingerprint density at radius 1 is 1.42 bits per heavy atom. The number of amides is 2. The van der Waals surface area contributed by atoms with Gasteiger partial charge in [0.25, 0.3) is 0 Å². The molecule has 0 bridgehead atoms. The number of halogens is 1. The Labute approximate surface area is 113 Å². The van der Waals surface area contributed by atoms with Crippen LogP contribution < -0.4 is 10.6 Å². The molecule has 0 heterocycles. The highest BCUT2D eigenvalue weighted by molar-refractivity contribution is 5.74. The Morgan fingerprint density at radius 3 is 2.63 bits per heavy atom. The van der Waals surface area contributed by atoms with E-state index in [2.05, 4.69) is 10.6 Å². The van der Waals surface area contributed by atoms with Crippen molar-refractivity contribution in [2.24, 2.45) is 0 Å². The van der Waals surface area contributed by atoms with Crippen LogP contribution in [-0.4, -0.2) is 30.3 Å². The number of benzene rings is 1. The van der Waals surface area contributed by atoms with Crippen LogP contribution in [0.1, 0.15) is 26.3 Å². The summed E-state index contributed by atoms with van der Waals surface area (Å²) in [6.45, 7) is 5.60. The predicted molar refractivity (Wildman–Crippen MR) is 72.5 cm³/mol. The molecule has 0 aliphatic heterocycles. The van der Waals surface area contributed by atoms with Crippen LogP contribution in [0, 0.1) is 5.82 Å². The summed E-state index contributed by atoms with van der Waals surface area (Å²) in [5.74, 6) is -0.279. The van der Waals surface area contributed by atoms with E-state index in [1.54, 1.807) is 25.1 Å². The summed E-state index contributed by atoms with van der Waals surface area (Å²) in [4.78, 5) is 11.5. The van der Waals surface area contributed by atoms with Crippen molar-refractivity contribution in [1.82, 2.24) is 10.6 Å². The first-order chi connectivity index (χ1) is 8.86. The molecule has 1 rings (SSSR count). The molecule has 3 N–H and O–H groups in total. The van der Waals surface area contributed by atoms with Gasteiger partial charge in [-0.1, -0.05) is 32.0 Å². The second-order valence-electron chi connectivity index (χ2n) is 5.27. The van der Waals surface area contributed by atoms with E-state index in [9.17, 15) is 9.18 Å². The molecule has 0 unspecified atom stereocenters. The van der Waals surface area contributed by atoms with Gasteiger partial charge in [-0.15, -0.1) is 0 Å². The number of rotatable bonds is 5. The summed E-state index contributed by atoms with van der Waals surface area (Å²) in [5.41, 5.74) is 0.0519. The van der Waals surface area contributed by atoms with Crippen LogP contribution in [0.2, 0.25) is 0 Å².